The SMILES string of the molecule is NC(=O)c1cccc2c1N(OC(=O)C(F)(F)F)N(c1ccc(F)c(C(=O)N3CCCNCC3)c1)C2. The number of carbonyl (C=O) groups is 3. The lowest BCUT2D eigenvalue weighted by molar-refractivity contribution is -0.201. The van der Waals surface area contributed by atoms with Crippen molar-refractivity contribution in [2.24, 2.45) is 5.73 Å². The van der Waals surface area contributed by atoms with Gasteiger partial charge in [0.25, 0.3) is 11.8 Å². The zero-order valence-electron chi connectivity index (χ0n) is 18.3. The second kappa shape index (κ2) is 9.41. The highest BCUT2D eigenvalue weighted by Crippen LogP contribution is 2.39. The molecule has 0 atom stereocenters. The first-order chi connectivity index (χ1) is 16.6. The number of hydrazine groups is 1. The Bertz CT molecular complexity index is 1170. The second-order valence-electron chi connectivity index (χ2n) is 7.94. The van der Waals surface area contributed by atoms with Crippen molar-refractivity contribution in [1.82, 2.24) is 10.2 Å². The first-order valence-corrected chi connectivity index (χ1v) is 10.7. The highest BCUT2D eigenvalue weighted by atomic mass is 19.4. The summed E-state index contributed by atoms with van der Waals surface area (Å²) in [5.41, 5.74) is 5.13. The van der Waals surface area contributed by atoms with Gasteiger partial charge in [-0.15, -0.1) is 5.17 Å². The average molecular weight is 495 g/mol. The third kappa shape index (κ3) is 4.85. The molecule has 2 heterocycles. The van der Waals surface area contributed by atoms with Gasteiger partial charge in [0.1, 0.15) is 11.5 Å². The number of benzene rings is 2. The molecule has 0 spiro atoms. The van der Waals surface area contributed by atoms with Crippen LogP contribution < -0.4 is 21.2 Å². The van der Waals surface area contributed by atoms with E-state index in [0.717, 1.165) is 11.1 Å². The normalized spacial score (nSPS) is 16.1. The molecule has 0 saturated carbocycles. The van der Waals surface area contributed by atoms with Gasteiger partial charge in [-0.05, 0) is 37.2 Å². The number of alkyl halides is 3. The van der Waals surface area contributed by atoms with Crippen LogP contribution in [0.1, 0.15) is 32.7 Å². The summed E-state index contributed by atoms with van der Waals surface area (Å²) < 4.78 is 53.7. The fraction of sp³-hybridized carbons (Fsp3) is 0.318. The van der Waals surface area contributed by atoms with E-state index in [-0.39, 0.29) is 29.0 Å². The topological polar surface area (TPSA) is 108 Å². The Balaban J connectivity index is 1.74. The standard InChI is InChI=1S/C22H21F4N5O4/c23-17-6-5-14(11-16(17)20(33)29-9-2-7-28-8-10-29)30-12-13-3-1-4-15(19(27)32)18(13)31(30)35-21(34)22(24,25)26/h1,3-6,11,28H,2,7-10,12H2,(H2,27,32). The molecule has 9 nitrogen and oxygen atoms in total. The van der Waals surface area contributed by atoms with Gasteiger partial charge in [-0.2, -0.15) is 13.2 Å². The van der Waals surface area contributed by atoms with Crippen LogP contribution in [0.2, 0.25) is 0 Å². The van der Waals surface area contributed by atoms with E-state index in [0.29, 0.717) is 43.3 Å². The lowest BCUT2D eigenvalue weighted by Gasteiger charge is -2.30. The lowest BCUT2D eigenvalue weighted by atomic mass is 10.1. The smallest absolute Gasteiger partial charge is 0.366 e. The maximum atomic E-state index is 14.7. The molecule has 0 radical (unpaired) electrons. The molecule has 186 valence electrons. The van der Waals surface area contributed by atoms with Crippen molar-refractivity contribution in [3.05, 3.63) is 58.9 Å². The maximum Gasteiger partial charge on any atom is 0.493 e. The van der Waals surface area contributed by atoms with E-state index in [4.69, 9.17) is 5.73 Å². The van der Waals surface area contributed by atoms with Gasteiger partial charge in [0.15, 0.2) is 0 Å². The predicted octanol–water partition coefficient (Wildman–Crippen LogP) is 2.12. The number of nitrogens with one attached hydrogen (secondary N) is 1. The molecule has 3 N–H and O–H groups in total. The number of para-hydroxylation sites is 1. The van der Waals surface area contributed by atoms with Crippen molar-refractivity contribution >= 4 is 29.2 Å². The van der Waals surface area contributed by atoms with Gasteiger partial charge in [0.2, 0.25) is 0 Å². The number of nitrogens with zero attached hydrogens (tertiary/aromatic N) is 3. The van der Waals surface area contributed by atoms with E-state index in [9.17, 15) is 31.9 Å². The van der Waals surface area contributed by atoms with Crippen LogP contribution in [0.5, 0.6) is 0 Å². The Morgan fingerprint density at radius 3 is 2.51 bits per heavy atom. The average Bonchev–Trinajstić information content (AvgIpc) is 2.97. The molecule has 2 aromatic carbocycles. The number of halogens is 4. The number of fused-ring (bicyclic) bond motifs is 1. The molecule has 1 saturated heterocycles. The van der Waals surface area contributed by atoms with E-state index >= 15 is 0 Å². The first-order valence-electron chi connectivity index (χ1n) is 10.7. The molecular weight excluding hydrogens is 474 g/mol. The second-order valence-corrected chi connectivity index (χ2v) is 7.94. The Kier molecular flexibility index (Phi) is 6.52. The fourth-order valence-electron chi connectivity index (χ4n) is 3.97. The summed E-state index contributed by atoms with van der Waals surface area (Å²) in [5.74, 6) is -4.89. The van der Waals surface area contributed by atoms with Gasteiger partial charge in [0.05, 0.1) is 23.4 Å². The van der Waals surface area contributed by atoms with E-state index in [2.05, 4.69) is 10.2 Å². The van der Waals surface area contributed by atoms with Gasteiger partial charge >= 0.3 is 12.1 Å². The molecular formula is C22H21F4N5O4. The molecule has 2 aliphatic rings. The molecule has 0 aliphatic carbocycles. The van der Waals surface area contributed by atoms with E-state index < -0.39 is 29.8 Å². The Labute approximate surface area is 196 Å². The summed E-state index contributed by atoms with van der Waals surface area (Å²) in [6.45, 7) is 1.86. The monoisotopic (exact) mass is 495 g/mol. The van der Waals surface area contributed by atoms with Crippen LogP contribution in [0.4, 0.5) is 28.9 Å². The van der Waals surface area contributed by atoms with Gasteiger partial charge in [-0.25, -0.2) is 14.2 Å². The largest absolute Gasteiger partial charge is 0.493 e. The fourth-order valence-corrected chi connectivity index (χ4v) is 3.97. The summed E-state index contributed by atoms with van der Waals surface area (Å²) in [7, 11) is 0. The molecule has 2 aromatic rings. The quantitative estimate of drug-likeness (QED) is 0.626. The van der Waals surface area contributed by atoms with Crippen LogP contribution in [0.3, 0.4) is 0 Å². The number of carbonyl (C=O) groups excluding carboxylic acids is 3. The van der Waals surface area contributed by atoms with Crippen LogP contribution in [0, 0.1) is 5.82 Å². The molecule has 13 heteroatoms. The Morgan fingerprint density at radius 2 is 1.80 bits per heavy atom. The molecule has 2 amide bonds. The number of rotatable bonds is 4. The van der Waals surface area contributed by atoms with Crippen molar-refractivity contribution in [2.75, 3.05) is 36.4 Å². The predicted molar refractivity (Wildman–Crippen MR) is 116 cm³/mol. The third-order valence-electron chi connectivity index (χ3n) is 5.62. The summed E-state index contributed by atoms with van der Waals surface area (Å²) in [6, 6.07) is 7.64. The van der Waals surface area contributed by atoms with Crippen molar-refractivity contribution < 1.29 is 36.8 Å². The number of anilines is 2. The summed E-state index contributed by atoms with van der Waals surface area (Å²) in [4.78, 5) is 42.7. The van der Waals surface area contributed by atoms with Gasteiger partial charge < -0.3 is 20.8 Å². The summed E-state index contributed by atoms with van der Waals surface area (Å²) >= 11 is 0. The van der Waals surface area contributed by atoms with Crippen molar-refractivity contribution in [1.29, 1.82) is 0 Å². The van der Waals surface area contributed by atoms with E-state index in [1.54, 1.807) is 0 Å². The van der Waals surface area contributed by atoms with Crippen LogP contribution in [0.15, 0.2) is 36.4 Å². The highest BCUT2D eigenvalue weighted by Gasteiger charge is 2.45. The summed E-state index contributed by atoms with van der Waals surface area (Å²) in [6.07, 6.45) is -4.66. The van der Waals surface area contributed by atoms with Crippen molar-refractivity contribution in [3.8, 4) is 0 Å². The number of primary amides is 1. The van der Waals surface area contributed by atoms with Gasteiger partial charge in [0, 0.05) is 25.2 Å². The zero-order valence-corrected chi connectivity index (χ0v) is 18.3. The maximum absolute atomic E-state index is 14.7. The number of nitrogens with two attached hydrogens (primary N) is 1. The minimum atomic E-state index is -5.33. The van der Waals surface area contributed by atoms with Gasteiger partial charge in [-0.1, -0.05) is 12.1 Å². The van der Waals surface area contributed by atoms with E-state index in [1.807, 2.05) is 0 Å². The molecule has 0 bridgehead atoms. The van der Waals surface area contributed by atoms with Crippen LogP contribution in [-0.4, -0.2) is 55.0 Å². The summed E-state index contributed by atoms with van der Waals surface area (Å²) in [5, 5.41) is 4.72. The minimum Gasteiger partial charge on any atom is -0.366 e. The third-order valence-corrected chi connectivity index (χ3v) is 5.62. The molecule has 0 aromatic heterocycles. The zero-order chi connectivity index (χ0) is 25.3. The lowest BCUT2D eigenvalue weighted by Crippen LogP contribution is -2.43. The number of amides is 2. The Morgan fingerprint density at radius 1 is 1.03 bits per heavy atom. The molecule has 35 heavy (non-hydrogen) atoms. The van der Waals surface area contributed by atoms with Crippen LogP contribution in [0.25, 0.3) is 0 Å². The van der Waals surface area contributed by atoms with Crippen LogP contribution in [-0.2, 0) is 16.2 Å². The molecule has 2 aliphatic heterocycles. The van der Waals surface area contributed by atoms with Gasteiger partial charge in [-0.3, -0.25) is 9.59 Å². The van der Waals surface area contributed by atoms with Crippen molar-refractivity contribution in [2.45, 2.75) is 19.1 Å². The molecule has 0 unspecified atom stereocenters. The number of hydrogen-bond acceptors (Lipinski definition) is 7. The molecule has 1 fully saturated rings. The van der Waals surface area contributed by atoms with Crippen molar-refractivity contribution in [3.63, 3.8) is 0 Å². The number of hydrogen-bond donors (Lipinski definition) is 2. The van der Waals surface area contributed by atoms with Crippen LogP contribution >= 0.6 is 0 Å². The minimum absolute atomic E-state index is 0.0595. The highest BCUT2D eigenvalue weighted by molar-refractivity contribution is 6.01. The first kappa shape index (κ1) is 24.3. The molecule has 4 rings (SSSR count). The Hall–Kier alpha value is -3.87. The van der Waals surface area contributed by atoms with E-state index in [1.165, 1.54) is 35.2 Å².